The molecule has 0 bridgehead atoms. The summed E-state index contributed by atoms with van der Waals surface area (Å²) in [6.45, 7) is -2.58. The normalized spacial score (nSPS) is 11.3. The third-order valence-electron chi connectivity index (χ3n) is 0.889. The molecule has 16 heavy (non-hydrogen) atoms. The first-order valence-corrected chi connectivity index (χ1v) is 4.96. The van der Waals surface area contributed by atoms with E-state index in [4.69, 9.17) is 0 Å². The van der Waals surface area contributed by atoms with E-state index >= 15 is 0 Å². The Kier molecular flexibility index (Phi) is 5.76. The SMILES string of the molecule is C#COP(=O)(OC#C)OCOCC(F)(F)F. The van der Waals surface area contributed by atoms with Crippen LogP contribution in [0.2, 0.25) is 0 Å². The average Bonchev–Trinajstić information content (AvgIpc) is 2.12. The van der Waals surface area contributed by atoms with Crippen LogP contribution in [0.3, 0.4) is 0 Å². The second-order valence-electron chi connectivity index (χ2n) is 2.08. The second-order valence-corrected chi connectivity index (χ2v) is 3.59. The van der Waals surface area contributed by atoms with E-state index in [2.05, 4.69) is 31.2 Å². The van der Waals surface area contributed by atoms with Gasteiger partial charge in [-0.3, -0.25) is 0 Å². The van der Waals surface area contributed by atoms with Gasteiger partial charge in [0.1, 0.15) is 18.8 Å². The summed E-state index contributed by atoms with van der Waals surface area (Å²) in [5.74, 6) is 0. The highest BCUT2D eigenvalue weighted by atomic mass is 31.2. The van der Waals surface area contributed by atoms with Crippen molar-refractivity contribution in [1.29, 1.82) is 0 Å². The highest BCUT2D eigenvalue weighted by Gasteiger charge is 2.31. The van der Waals surface area contributed by atoms with Gasteiger partial charge in [0.25, 0.3) is 0 Å². The van der Waals surface area contributed by atoms with Crippen LogP contribution in [0.25, 0.3) is 0 Å². The summed E-state index contributed by atoms with van der Waals surface area (Å²) in [4.78, 5) is 0. The van der Waals surface area contributed by atoms with Crippen LogP contribution >= 0.6 is 7.82 Å². The van der Waals surface area contributed by atoms with Gasteiger partial charge in [-0.25, -0.2) is 9.09 Å². The number of halogens is 3. The van der Waals surface area contributed by atoms with Gasteiger partial charge in [-0.2, -0.15) is 13.2 Å². The minimum atomic E-state index is -4.53. The van der Waals surface area contributed by atoms with E-state index in [1.165, 1.54) is 12.2 Å². The Morgan fingerprint density at radius 1 is 1.19 bits per heavy atom. The molecule has 0 saturated carbocycles. The maximum absolute atomic E-state index is 11.6. The van der Waals surface area contributed by atoms with Gasteiger partial charge in [0.15, 0.2) is 6.79 Å². The molecule has 0 saturated heterocycles. The average molecular weight is 258 g/mol. The fourth-order valence-electron chi connectivity index (χ4n) is 0.460. The van der Waals surface area contributed by atoms with Crippen LogP contribution in [-0.2, 0) is 22.9 Å². The molecule has 0 atom stereocenters. The Hall–Kier alpha value is -1.34. The second kappa shape index (κ2) is 6.29. The summed E-state index contributed by atoms with van der Waals surface area (Å²) >= 11 is 0. The van der Waals surface area contributed by atoms with Crippen molar-refractivity contribution in [3.05, 3.63) is 0 Å². The molecule has 0 radical (unpaired) electrons. The number of alkyl halides is 3. The third kappa shape index (κ3) is 7.02. The highest BCUT2D eigenvalue weighted by Crippen LogP contribution is 2.48. The van der Waals surface area contributed by atoms with Crippen LogP contribution in [0.5, 0.6) is 0 Å². The maximum Gasteiger partial charge on any atom is 0.606 e. The topological polar surface area (TPSA) is 54.0 Å². The van der Waals surface area contributed by atoms with Crippen molar-refractivity contribution in [2.24, 2.45) is 0 Å². The van der Waals surface area contributed by atoms with Crippen molar-refractivity contribution in [3.8, 4) is 25.1 Å². The number of terminal acetylenes is 2. The minimum Gasteiger partial charge on any atom is -0.345 e. The molecule has 0 spiro atoms. The zero-order valence-electron chi connectivity index (χ0n) is 7.69. The highest BCUT2D eigenvalue weighted by molar-refractivity contribution is 7.48. The smallest absolute Gasteiger partial charge is 0.345 e. The van der Waals surface area contributed by atoms with Crippen LogP contribution < -0.4 is 0 Å². The summed E-state index contributed by atoms with van der Waals surface area (Å²) in [5.41, 5.74) is 0. The molecule has 0 aromatic rings. The fourth-order valence-corrected chi connectivity index (χ4v) is 1.06. The summed E-state index contributed by atoms with van der Waals surface area (Å²) in [6, 6.07) is 0. The van der Waals surface area contributed by atoms with Gasteiger partial charge in [0.05, 0.1) is 0 Å². The van der Waals surface area contributed by atoms with Crippen LogP contribution in [-0.4, -0.2) is 19.6 Å². The van der Waals surface area contributed by atoms with Crippen LogP contribution in [0.4, 0.5) is 13.2 Å². The first kappa shape index (κ1) is 14.7. The number of phosphoric acid groups is 1. The zero-order valence-corrected chi connectivity index (χ0v) is 8.59. The van der Waals surface area contributed by atoms with Gasteiger partial charge in [-0.1, -0.05) is 12.8 Å². The van der Waals surface area contributed by atoms with E-state index in [1.54, 1.807) is 0 Å². The Morgan fingerprint density at radius 3 is 2.06 bits per heavy atom. The van der Waals surface area contributed by atoms with Crippen LogP contribution in [0.1, 0.15) is 0 Å². The largest absolute Gasteiger partial charge is 0.606 e. The molecule has 90 valence electrons. The van der Waals surface area contributed by atoms with E-state index in [1.807, 2.05) is 0 Å². The van der Waals surface area contributed by atoms with Crippen molar-refractivity contribution in [3.63, 3.8) is 0 Å². The van der Waals surface area contributed by atoms with E-state index in [0.29, 0.717) is 0 Å². The Labute approximate surface area is 89.4 Å². The Balaban J connectivity index is 4.02. The molecule has 0 aliphatic heterocycles. The molecule has 0 aliphatic carbocycles. The van der Waals surface area contributed by atoms with Gasteiger partial charge >= 0.3 is 14.0 Å². The van der Waals surface area contributed by atoms with Gasteiger partial charge in [-0.05, 0) is 0 Å². The molecule has 0 aromatic heterocycles. The number of hydrogen-bond donors (Lipinski definition) is 0. The first-order valence-electron chi connectivity index (χ1n) is 3.50. The molecule has 0 aromatic carbocycles. The molecule has 5 nitrogen and oxygen atoms in total. The number of rotatable bonds is 6. The number of phosphoric ester groups is 1. The van der Waals surface area contributed by atoms with Gasteiger partial charge in [0.2, 0.25) is 0 Å². The molecule has 0 rings (SSSR count). The summed E-state index contributed by atoms with van der Waals surface area (Å²) < 4.78 is 62.3. The lowest BCUT2D eigenvalue weighted by Gasteiger charge is -2.12. The van der Waals surface area contributed by atoms with E-state index in [9.17, 15) is 17.7 Å². The lowest BCUT2D eigenvalue weighted by molar-refractivity contribution is -0.188. The summed E-state index contributed by atoms with van der Waals surface area (Å²) in [5, 5.41) is 0. The lowest BCUT2D eigenvalue weighted by Crippen LogP contribution is -2.18. The quantitative estimate of drug-likeness (QED) is 0.315. The molecule has 0 aliphatic rings. The predicted molar refractivity (Wildman–Crippen MR) is 45.4 cm³/mol. The van der Waals surface area contributed by atoms with Gasteiger partial charge in [0, 0.05) is 0 Å². The number of ether oxygens (including phenoxy) is 1. The summed E-state index contributed by atoms with van der Waals surface area (Å²) in [7, 11) is -4.27. The predicted octanol–water partition coefficient (Wildman–Crippen LogP) is 1.86. The molecule has 0 fully saturated rings. The Morgan fingerprint density at radius 2 is 1.69 bits per heavy atom. The maximum atomic E-state index is 11.6. The van der Waals surface area contributed by atoms with E-state index in [-0.39, 0.29) is 0 Å². The monoisotopic (exact) mass is 258 g/mol. The molecule has 0 N–H and O–H groups in total. The van der Waals surface area contributed by atoms with E-state index < -0.39 is 27.4 Å². The molecule has 0 amide bonds. The number of hydrogen-bond acceptors (Lipinski definition) is 5. The zero-order chi connectivity index (χ0) is 12.7. The molecular weight excluding hydrogens is 252 g/mol. The summed E-state index contributed by atoms with van der Waals surface area (Å²) in [6.07, 6.45) is 7.64. The van der Waals surface area contributed by atoms with Gasteiger partial charge < -0.3 is 13.8 Å². The van der Waals surface area contributed by atoms with Crippen molar-refractivity contribution in [2.75, 3.05) is 13.4 Å². The molecule has 9 heteroatoms. The molecule has 0 heterocycles. The van der Waals surface area contributed by atoms with Crippen molar-refractivity contribution in [1.82, 2.24) is 0 Å². The Bertz CT molecular complexity index is 319. The first-order chi connectivity index (χ1) is 7.33. The van der Waals surface area contributed by atoms with Crippen LogP contribution in [0.15, 0.2) is 0 Å². The molecule has 0 unspecified atom stereocenters. The standard InChI is InChI=1S/C7H6F3O5P/c1-3-13-16(11,14-4-2)15-6-12-5-7(8,9)10/h1-2H,5-6H2. The van der Waals surface area contributed by atoms with Crippen molar-refractivity contribution in [2.45, 2.75) is 6.18 Å². The third-order valence-corrected chi connectivity index (χ3v) is 1.97. The van der Waals surface area contributed by atoms with Gasteiger partial charge in [-0.15, -0.1) is 0 Å². The lowest BCUT2D eigenvalue weighted by atomic mass is 10.7. The van der Waals surface area contributed by atoms with Crippen molar-refractivity contribution < 1.29 is 36.0 Å². The molecular formula is C7H6F3O5P. The van der Waals surface area contributed by atoms with E-state index in [0.717, 1.165) is 0 Å². The fraction of sp³-hybridized carbons (Fsp3) is 0.429. The van der Waals surface area contributed by atoms with Crippen LogP contribution in [0, 0.1) is 25.1 Å². The van der Waals surface area contributed by atoms with Crippen molar-refractivity contribution >= 4 is 7.82 Å². The minimum absolute atomic E-state index is 1.000.